The van der Waals surface area contributed by atoms with Crippen LogP contribution in [0.5, 0.6) is 0 Å². The molecule has 0 unspecified atom stereocenters. The number of halogens is 1. The van der Waals surface area contributed by atoms with Crippen molar-refractivity contribution in [3.8, 4) is 11.1 Å². The van der Waals surface area contributed by atoms with Gasteiger partial charge in [-0.05, 0) is 68.9 Å². The SMILES string of the molecule is CC(C)(C)OC(=O)N[C@@H](CCc1ccc(-c2cccc(F)c2)cc1)CC1C(=O)OC(C)(C)OC1=O. The largest absolute Gasteiger partial charge is 0.444 e. The van der Waals surface area contributed by atoms with Crippen molar-refractivity contribution in [2.45, 2.75) is 71.3 Å². The summed E-state index contributed by atoms with van der Waals surface area (Å²) in [6.45, 7) is 8.23. The molecule has 1 atom stereocenters. The zero-order chi connectivity index (χ0) is 25.8. The van der Waals surface area contributed by atoms with Crippen LogP contribution in [0.25, 0.3) is 11.1 Å². The van der Waals surface area contributed by atoms with E-state index in [1.165, 1.54) is 26.0 Å². The van der Waals surface area contributed by atoms with E-state index < -0.39 is 41.4 Å². The van der Waals surface area contributed by atoms with Crippen LogP contribution in [-0.4, -0.2) is 35.5 Å². The highest BCUT2D eigenvalue weighted by Gasteiger charge is 2.44. The Hall–Kier alpha value is -3.42. The molecule has 0 bridgehead atoms. The van der Waals surface area contributed by atoms with Gasteiger partial charge in [0.2, 0.25) is 0 Å². The Morgan fingerprint density at radius 1 is 1.06 bits per heavy atom. The van der Waals surface area contributed by atoms with Crippen molar-refractivity contribution < 1.29 is 33.0 Å². The molecule has 0 saturated carbocycles. The first-order valence-electron chi connectivity index (χ1n) is 11.6. The van der Waals surface area contributed by atoms with Gasteiger partial charge in [0.15, 0.2) is 5.92 Å². The molecule has 1 saturated heterocycles. The van der Waals surface area contributed by atoms with E-state index in [-0.39, 0.29) is 12.2 Å². The van der Waals surface area contributed by atoms with Crippen molar-refractivity contribution in [2.24, 2.45) is 5.92 Å². The topological polar surface area (TPSA) is 90.9 Å². The van der Waals surface area contributed by atoms with Crippen molar-refractivity contribution in [2.75, 3.05) is 0 Å². The predicted octanol–water partition coefficient (Wildman–Crippen LogP) is 5.16. The van der Waals surface area contributed by atoms with Gasteiger partial charge in [-0.1, -0.05) is 36.4 Å². The standard InChI is InChI=1S/C27H32FNO6/c1-26(2,3)35-25(32)29-21(16-22-23(30)33-27(4,5)34-24(22)31)14-11-17-9-12-18(13-10-17)19-7-6-8-20(28)15-19/h6-10,12-13,15,21-22H,11,14,16H2,1-5H3,(H,29,32)/t21-/m0/s1. The summed E-state index contributed by atoms with van der Waals surface area (Å²) in [5, 5.41) is 2.78. The highest BCUT2D eigenvalue weighted by molar-refractivity contribution is 5.96. The van der Waals surface area contributed by atoms with Crippen molar-refractivity contribution in [3.05, 3.63) is 59.9 Å². The lowest BCUT2D eigenvalue weighted by molar-refractivity contribution is -0.240. The van der Waals surface area contributed by atoms with Crippen LogP contribution in [0.1, 0.15) is 53.0 Å². The van der Waals surface area contributed by atoms with E-state index in [1.54, 1.807) is 26.8 Å². The van der Waals surface area contributed by atoms with Crippen LogP contribution in [0.15, 0.2) is 48.5 Å². The second kappa shape index (κ2) is 10.5. The predicted molar refractivity (Wildman–Crippen MR) is 128 cm³/mol. The molecule has 2 aromatic rings. The van der Waals surface area contributed by atoms with E-state index in [0.29, 0.717) is 12.8 Å². The van der Waals surface area contributed by atoms with Crippen molar-refractivity contribution in [1.82, 2.24) is 5.32 Å². The van der Waals surface area contributed by atoms with Gasteiger partial charge in [0.25, 0.3) is 5.79 Å². The summed E-state index contributed by atoms with van der Waals surface area (Å²) in [6.07, 6.45) is 0.390. The molecule has 2 aromatic carbocycles. The Balaban J connectivity index is 1.69. The van der Waals surface area contributed by atoms with Gasteiger partial charge in [0, 0.05) is 19.9 Å². The molecule has 0 aliphatic carbocycles. The molecule has 1 N–H and O–H groups in total. The van der Waals surface area contributed by atoms with Crippen LogP contribution < -0.4 is 5.32 Å². The molecule has 1 heterocycles. The van der Waals surface area contributed by atoms with Crippen LogP contribution in [0, 0.1) is 11.7 Å². The van der Waals surface area contributed by atoms with Crippen LogP contribution in [0.3, 0.4) is 0 Å². The minimum absolute atomic E-state index is 0.0222. The molecule has 1 fully saturated rings. The Bertz CT molecular complexity index is 1050. The summed E-state index contributed by atoms with van der Waals surface area (Å²) < 4.78 is 29.3. The molecular formula is C27H32FNO6. The minimum Gasteiger partial charge on any atom is -0.444 e. The van der Waals surface area contributed by atoms with Crippen molar-refractivity contribution in [3.63, 3.8) is 0 Å². The molecule has 3 rings (SSSR count). The molecule has 1 amide bonds. The van der Waals surface area contributed by atoms with Gasteiger partial charge >= 0.3 is 18.0 Å². The van der Waals surface area contributed by atoms with E-state index in [1.807, 2.05) is 30.3 Å². The number of ether oxygens (including phenoxy) is 3. The average Bonchev–Trinajstić information content (AvgIpc) is 2.72. The highest BCUT2D eigenvalue weighted by atomic mass is 19.1. The molecule has 1 aliphatic heterocycles. The summed E-state index contributed by atoms with van der Waals surface area (Å²) in [7, 11) is 0. The van der Waals surface area contributed by atoms with Crippen LogP contribution in [0.2, 0.25) is 0 Å². The fourth-order valence-electron chi connectivity index (χ4n) is 3.82. The van der Waals surface area contributed by atoms with Crippen LogP contribution in [0.4, 0.5) is 9.18 Å². The van der Waals surface area contributed by atoms with Gasteiger partial charge in [0.05, 0.1) is 0 Å². The maximum atomic E-state index is 13.5. The third kappa shape index (κ3) is 7.80. The molecule has 7 nitrogen and oxygen atoms in total. The number of cyclic esters (lactones) is 2. The first-order valence-corrected chi connectivity index (χ1v) is 11.6. The Morgan fingerprint density at radius 3 is 2.26 bits per heavy atom. The molecule has 8 heteroatoms. The van der Waals surface area contributed by atoms with Gasteiger partial charge in [-0.15, -0.1) is 0 Å². The molecule has 0 radical (unpaired) electrons. The quantitative estimate of drug-likeness (QED) is 0.430. The zero-order valence-electron chi connectivity index (χ0n) is 20.7. The van der Waals surface area contributed by atoms with Gasteiger partial charge in [0.1, 0.15) is 11.4 Å². The summed E-state index contributed by atoms with van der Waals surface area (Å²) in [4.78, 5) is 37.3. The van der Waals surface area contributed by atoms with Gasteiger partial charge in [-0.2, -0.15) is 0 Å². The lowest BCUT2D eigenvalue weighted by Gasteiger charge is -2.34. The second-order valence-electron chi connectivity index (χ2n) is 10.1. The minimum atomic E-state index is -1.32. The Labute approximate surface area is 204 Å². The Kier molecular flexibility index (Phi) is 7.83. The third-order valence-electron chi connectivity index (χ3n) is 5.40. The monoisotopic (exact) mass is 485 g/mol. The maximum absolute atomic E-state index is 13.5. The zero-order valence-corrected chi connectivity index (χ0v) is 20.7. The first-order chi connectivity index (χ1) is 16.3. The summed E-state index contributed by atoms with van der Waals surface area (Å²) in [6, 6.07) is 13.5. The molecule has 0 spiro atoms. The number of amides is 1. The Morgan fingerprint density at radius 2 is 1.69 bits per heavy atom. The van der Waals surface area contributed by atoms with E-state index in [2.05, 4.69) is 5.32 Å². The number of carbonyl (C=O) groups excluding carboxylic acids is 3. The number of carbonyl (C=O) groups is 3. The van der Waals surface area contributed by atoms with Gasteiger partial charge < -0.3 is 19.5 Å². The number of hydrogen-bond donors (Lipinski definition) is 1. The van der Waals surface area contributed by atoms with E-state index in [0.717, 1.165) is 16.7 Å². The summed E-state index contributed by atoms with van der Waals surface area (Å²) in [5.74, 6) is -4.12. The summed E-state index contributed by atoms with van der Waals surface area (Å²) in [5.41, 5.74) is 1.94. The van der Waals surface area contributed by atoms with E-state index in [4.69, 9.17) is 14.2 Å². The fraction of sp³-hybridized carbons (Fsp3) is 0.444. The lowest BCUT2D eigenvalue weighted by atomic mass is 9.94. The lowest BCUT2D eigenvalue weighted by Crippen LogP contribution is -2.49. The van der Waals surface area contributed by atoms with Gasteiger partial charge in [-0.3, -0.25) is 9.59 Å². The molecule has 188 valence electrons. The number of alkyl carbamates (subject to hydrolysis) is 1. The molecule has 1 aliphatic rings. The number of aryl methyl sites for hydroxylation is 1. The van der Waals surface area contributed by atoms with E-state index in [9.17, 15) is 18.8 Å². The first kappa shape index (κ1) is 26.2. The fourth-order valence-corrected chi connectivity index (χ4v) is 3.82. The van der Waals surface area contributed by atoms with Crippen molar-refractivity contribution in [1.29, 1.82) is 0 Å². The van der Waals surface area contributed by atoms with Crippen LogP contribution in [-0.2, 0) is 30.2 Å². The third-order valence-corrected chi connectivity index (χ3v) is 5.40. The number of hydrogen-bond acceptors (Lipinski definition) is 6. The normalized spacial score (nSPS) is 16.7. The summed E-state index contributed by atoms with van der Waals surface area (Å²) >= 11 is 0. The number of esters is 2. The van der Waals surface area contributed by atoms with Crippen LogP contribution >= 0.6 is 0 Å². The molecule has 35 heavy (non-hydrogen) atoms. The van der Waals surface area contributed by atoms with Crippen molar-refractivity contribution >= 4 is 18.0 Å². The van der Waals surface area contributed by atoms with Gasteiger partial charge in [-0.25, -0.2) is 9.18 Å². The number of nitrogens with one attached hydrogen (secondary N) is 1. The number of benzene rings is 2. The second-order valence-corrected chi connectivity index (χ2v) is 10.1. The maximum Gasteiger partial charge on any atom is 0.407 e. The number of rotatable bonds is 7. The molecular weight excluding hydrogens is 453 g/mol. The average molecular weight is 486 g/mol. The highest BCUT2D eigenvalue weighted by Crippen LogP contribution is 2.27. The van der Waals surface area contributed by atoms with E-state index >= 15 is 0 Å². The smallest absolute Gasteiger partial charge is 0.407 e. The molecule has 0 aromatic heterocycles.